The average Bonchev–Trinajstić information content (AvgIpc) is 3.40. The summed E-state index contributed by atoms with van der Waals surface area (Å²) in [5.41, 5.74) is 2.98. The zero-order valence-corrected chi connectivity index (χ0v) is 19.3. The lowest BCUT2D eigenvalue weighted by Gasteiger charge is -2.32. The van der Waals surface area contributed by atoms with E-state index < -0.39 is 10.0 Å². The fourth-order valence-electron chi connectivity index (χ4n) is 4.09. The van der Waals surface area contributed by atoms with E-state index in [9.17, 15) is 13.2 Å². The molecule has 4 heterocycles. The molecule has 0 radical (unpaired) electrons. The van der Waals surface area contributed by atoms with Crippen LogP contribution in [0, 0.1) is 0 Å². The Balaban J connectivity index is 1.36. The number of carbonyl (C=O) groups excluding carboxylic acids is 1. The zero-order valence-electron chi connectivity index (χ0n) is 17.7. The Morgan fingerprint density at radius 2 is 1.79 bits per heavy atom. The van der Waals surface area contributed by atoms with E-state index in [1.807, 2.05) is 42.5 Å². The fraction of sp³-hybridized carbons (Fsp3) is 0.208. The smallest absolute Gasteiger partial charge is 0.254 e. The maximum atomic E-state index is 13.5. The van der Waals surface area contributed by atoms with Gasteiger partial charge in [-0.05, 0) is 48.6 Å². The number of rotatable bonds is 5. The highest BCUT2D eigenvalue weighted by Gasteiger charge is 2.28. The van der Waals surface area contributed by atoms with Crippen molar-refractivity contribution in [3.8, 4) is 11.3 Å². The summed E-state index contributed by atoms with van der Waals surface area (Å²) in [7, 11) is -3.52. The number of thiophene rings is 1. The monoisotopic (exact) mass is 478 g/mol. The summed E-state index contributed by atoms with van der Waals surface area (Å²) in [6.07, 6.45) is 4.54. The van der Waals surface area contributed by atoms with Gasteiger partial charge in [0.15, 0.2) is 0 Å². The summed E-state index contributed by atoms with van der Waals surface area (Å²) in [6.45, 7) is 0.968. The summed E-state index contributed by atoms with van der Waals surface area (Å²) in [4.78, 5) is 24.1. The number of carbonyl (C=O) groups is 1. The van der Waals surface area contributed by atoms with Gasteiger partial charge in [0, 0.05) is 42.5 Å². The molecule has 0 unspecified atom stereocenters. The lowest BCUT2D eigenvalue weighted by molar-refractivity contribution is 0.0713. The Morgan fingerprint density at radius 1 is 1.03 bits per heavy atom. The van der Waals surface area contributed by atoms with Crippen LogP contribution in [-0.2, 0) is 10.0 Å². The van der Waals surface area contributed by atoms with Crippen LogP contribution >= 0.6 is 11.3 Å². The number of nitrogens with one attached hydrogen (secondary N) is 1. The first-order valence-electron chi connectivity index (χ1n) is 10.7. The molecule has 1 amide bonds. The van der Waals surface area contributed by atoms with Gasteiger partial charge in [0.25, 0.3) is 5.91 Å². The molecule has 1 aliphatic rings. The van der Waals surface area contributed by atoms with Crippen LogP contribution in [0.4, 0.5) is 0 Å². The predicted molar refractivity (Wildman–Crippen MR) is 129 cm³/mol. The number of sulfonamides is 1. The topological polar surface area (TPSA) is 92.3 Å². The van der Waals surface area contributed by atoms with E-state index in [2.05, 4.69) is 9.71 Å². The first-order valence-corrected chi connectivity index (χ1v) is 13.0. The molecule has 0 aliphatic carbocycles. The minimum absolute atomic E-state index is 0.0662. The number of fused-ring (bicyclic) bond motifs is 1. The first-order chi connectivity index (χ1) is 16.0. The van der Waals surface area contributed by atoms with Gasteiger partial charge in [0.2, 0.25) is 10.0 Å². The molecule has 168 valence electrons. The summed E-state index contributed by atoms with van der Waals surface area (Å²) in [5, 5.41) is 2.55. The highest BCUT2D eigenvalue weighted by Crippen LogP contribution is 2.27. The van der Waals surface area contributed by atoms with Gasteiger partial charge in [-0.25, -0.2) is 18.1 Å². The molecular weight excluding hydrogens is 456 g/mol. The van der Waals surface area contributed by atoms with Gasteiger partial charge < -0.3 is 4.90 Å². The zero-order chi connectivity index (χ0) is 22.8. The van der Waals surface area contributed by atoms with Gasteiger partial charge in [-0.1, -0.05) is 24.3 Å². The van der Waals surface area contributed by atoms with Crippen molar-refractivity contribution in [2.75, 3.05) is 13.1 Å². The fourth-order valence-corrected chi connectivity index (χ4v) is 6.40. The summed E-state index contributed by atoms with van der Waals surface area (Å²) < 4.78 is 28.1. The number of para-hydroxylation sites is 1. The van der Waals surface area contributed by atoms with Crippen molar-refractivity contribution in [1.82, 2.24) is 19.6 Å². The number of amides is 1. The molecule has 0 saturated carbocycles. The van der Waals surface area contributed by atoms with Crippen molar-refractivity contribution in [2.45, 2.75) is 23.1 Å². The number of benzene rings is 1. The van der Waals surface area contributed by atoms with E-state index in [4.69, 9.17) is 4.98 Å². The normalized spacial score (nSPS) is 15.1. The molecule has 0 spiro atoms. The number of hydrogen-bond acceptors (Lipinski definition) is 6. The van der Waals surface area contributed by atoms with E-state index in [-0.39, 0.29) is 11.9 Å². The van der Waals surface area contributed by atoms with Gasteiger partial charge in [-0.15, -0.1) is 11.3 Å². The van der Waals surface area contributed by atoms with Crippen LogP contribution in [0.25, 0.3) is 22.2 Å². The largest absolute Gasteiger partial charge is 0.339 e. The standard InChI is InChI=1S/C24H22N4O3S2/c29-24(28-13-9-18(10-14-28)27-33(30,31)23-6-3-15-32-23)20-16-22(17-7-11-25-12-8-17)26-21-5-2-1-4-19(20)21/h1-8,11-12,15-16,18,27H,9-10,13-14H2. The van der Waals surface area contributed by atoms with Crippen molar-refractivity contribution in [3.05, 3.63) is 77.9 Å². The molecule has 0 atom stereocenters. The van der Waals surface area contributed by atoms with Crippen molar-refractivity contribution < 1.29 is 13.2 Å². The van der Waals surface area contributed by atoms with Gasteiger partial charge in [-0.3, -0.25) is 9.78 Å². The van der Waals surface area contributed by atoms with Crippen molar-refractivity contribution in [3.63, 3.8) is 0 Å². The van der Waals surface area contributed by atoms with Crippen LogP contribution in [0.2, 0.25) is 0 Å². The van der Waals surface area contributed by atoms with E-state index >= 15 is 0 Å². The number of nitrogens with zero attached hydrogens (tertiary/aromatic N) is 3. The Labute approximate surface area is 196 Å². The van der Waals surface area contributed by atoms with Crippen LogP contribution in [-0.4, -0.2) is 48.3 Å². The molecule has 0 bridgehead atoms. The lowest BCUT2D eigenvalue weighted by Crippen LogP contribution is -2.46. The number of pyridine rings is 2. The van der Waals surface area contributed by atoms with Gasteiger partial charge in [0.1, 0.15) is 4.21 Å². The highest BCUT2D eigenvalue weighted by atomic mass is 32.2. The SMILES string of the molecule is O=C(c1cc(-c2ccncc2)nc2ccccc12)N1CCC(NS(=O)(=O)c2cccs2)CC1. The molecule has 1 aliphatic heterocycles. The second-order valence-electron chi connectivity index (χ2n) is 7.93. The van der Waals surface area contributed by atoms with E-state index in [1.54, 1.807) is 34.8 Å². The molecule has 4 aromatic rings. The van der Waals surface area contributed by atoms with Gasteiger partial charge >= 0.3 is 0 Å². The molecule has 7 nitrogen and oxygen atoms in total. The molecular formula is C24H22N4O3S2. The molecule has 1 aromatic carbocycles. The average molecular weight is 479 g/mol. The third kappa shape index (κ3) is 4.52. The van der Waals surface area contributed by atoms with E-state index in [0.29, 0.717) is 35.7 Å². The Kier molecular flexibility index (Phi) is 5.92. The van der Waals surface area contributed by atoms with Gasteiger partial charge in [-0.2, -0.15) is 0 Å². The lowest BCUT2D eigenvalue weighted by atomic mass is 10.0. The second-order valence-corrected chi connectivity index (χ2v) is 10.8. The molecule has 9 heteroatoms. The Hall–Kier alpha value is -3.14. The number of likely N-dealkylation sites (tertiary alicyclic amines) is 1. The van der Waals surface area contributed by atoms with Crippen molar-refractivity contribution in [2.24, 2.45) is 0 Å². The number of aromatic nitrogens is 2. The molecule has 1 fully saturated rings. The van der Waals surface area contributed by atoms with Gasteiger partial charge in [0.05, 0.1) is 16.8 Å². The number of piperidine rings is 1. The maximum absolute atomic E-state index is 13.5. The molecule has 3 aromatic heterocycles. The molecule has 1 N–H and O–H groups in total. The van der Waals surface area contributed by atoms with E-state index in [1.165, 1.54) is 11.3 Å². The minimum atomic E-state index is -3.52. The second kappa shape index (κ2) is 9.01. The van der Waals surface area contributed by atoms with Crippen LogP contribution in [0.1, 0.15) is 23.2 Å². The van der Waals surface area contributed by atoms with Crippen LogP contribution in [0.3, 0.4) is 0 Å². The molecule has 1 saturated heterocycles. The van der Waals surface area contributed by atoms with Crippen LogP contribution < -0.4 is 4.72 Å². The summed E-state index contributed by atoms with van der Waals surface area (Å²) in [5.74, 6) is -0.0662. The quantitative estimate of drug-likeness (QED) is 0.469. The van der Waals surface area contributed by atoms with Crippen LogP contribution in [0.5, 0.6) is 0 Å². The Morgan fingerprint density at radius 3 is 2.52 bits per heavy atom. The Bertz CT molecular complexity index is 1380. The number of hydrogen-bond donors (Lipinski definition) is 1. The first kappa shape index (κ1) is 21.7. The minimum Gasteiger partial charge on any atom is -0.339 e. The van der Waals surface area contributed by atoms with Crippen molar-refractivity contribution in [1.29, 1.82) is 0 Å². The van der Waals surface area contributed by atoms with Crippen molar-refractivity contribution >= 4 is 38.2 Å². The van der Waals surface area contributed by atoms with Crippen LogP contribution in [0.15, 0.2) is 76.6 Å². The maximum Gasteiger partial charge on any atom is 0.254 e. The summed E-state index contributed by atoms with van der Waals surface area (Å²) in [6, 6.07) is 16.3. The predicted octanol–water partition coefficient (Wildman–Crippen LogP) is 3.94. The highest BCUT2D eigenvalue weighted by molar-refractivity contribution is 7.91. The molecule has 33 heavy (non-hydrogen) atoms. The molecule has 5 rings (SSSR count). The van der Waals surface area contributed by atoms with E-state index in [0.717, 1.165) is 22.2 Å². The third-order valence-electron chi connectivity index (χ3n) is 5.79. The summed E-state index contributed by atoms with van der Waals surface area (Å²) >= 11 is 1.20. The third-order valence-corrected chi connectivity index (χ3v) is 8.70.